The third kappa shape index (κ3) is 2.47. The molecule has 0 saturated carbocycles. The minimum atomic E-state index is 0.696. The Morgan fingerprint density at radius 2 is 1.81 bits per heavy atom. The number of nitrogens with zero attached hydrogens (tertiary/aromatic N) is 1. The Labute approximate surface area is 96.1 Å². The quantitative estimate of drug-likeness (QED) is 0.849. The Hall–Kier alpha value is -1.67. The van der Waals surface area contributed by atoms with E-state index in [1.165, 1.54) is 5.56 Å². The fraction of sp³-hybridized carbons (Fsp3) is 0.214. The summed E-state index contributed by atoms with van der Waals surface area (Å²) >= 11 is 0. The van der Waals surface area contributed by atoms with Gasteiger partial charge in [-0.15, -0.1) is 0 Å². The first-order valence-corrected chi connectivity index (χ1v) is 5.52. The molecule has 0 aliphatic carbocycles. The molecule has 0 radical (unpaired) electrons. The number of nitrogens with two attached hydrogens (primary N) is 1. The van der Waals surface area contributed by atoms with Crippen molar-refractivity contribution in [3.8, 4) is 11.3 Å². The summed E-state index contributed by atoms with van der Waals surface area (Å²) in [5, 5.41) is 0. The van der Waals surface area contributed by atoms with Crippen molar-refractivity contribution < 1.29 is 0 Å². The second kappa shape index (κ2) is 4.90. The lowest BCUT2D eigenvalue weighted by molar-refractivity contribution is 0.969. The molecule has 0 fully saturated rings. The molecule has 1 heterocycles. The van der Waals surface area contributed by atoms with Crippen LogP contribution >= 0.6 is 0 Å². The molecular formula is C14H16N2. The van der Waals surface area contributed by atoms with Crippen LogP contribution in [0.25, 0.3) is 11.3 Å². The van der Waals surface area contributed by atoms with Gasteiger partial charge in [-0.3, -0.25) is 4.98 Å². The van der Waals surface area contributed by atoms with Gasteiger partial charge in [0, 0.05) is 11.3 Å². The van der Waals surface area contributed by atoms with Crippen LogP contribution < -0.4 is 5.73 Å². The summed E-state index contributed by atoms with van der Waals surface area (Å²) in [4.78, 5) is 4.49. The number of pyridine rings is 1. The lowest BCUT2D eigenvalue weighted by Gasteiger charge is -2.03. The zero-order chi connectivity index (χ0) is 11.4. The van der Waals surface area contributed by atoms with Gasteiger partial charge in [0.1, 0.15) is 0 Å². The Balaban J connectivity index is 2.27. The lowest BCUT2D eigenvalue weighted by atomic mass is 10.1. The van der Waals surface area contributed by atoms with Gasteiger partial charge in [0.2, 0.25) is 0 Å². The van der Waals surface area contributed by atoms with Crippen molar-refractivity contribution in [3.05, 3.63) is 53.7 Å². The normalized spacial score (nSPS) is 10.4. The van der Waals surface area contributed by atoms with Gasteiger partial charge in [-0.2, -0.15) is 0 Å². The van der Waals surface area contributed by atoms with Crippen LogP contribution in [0.5, 0.6) is 0 Å². The van der Waals surface area contributed by atoms with Crippen LogP contribution in [0.3, 0.4) is 0 Å². The van der Waals surface area contributed by atoms with Gasteiger partial charge in [-0.1, -0.05) is 30.3 Å². The van der Waals surface area contributed by atoms with E-state index in [2.05, 4.69) is 29.2 Å². The van der Waals surface area contributed by atoms with E-state index in [0.29, 0.717) is 6.54 Å². The highest BCUT2D eigenvalue weighted by Gasteiger charge is 1.99. The highest BCUT2D eigenvalue weighted by molar-refractivity contribution is 5.59. The number of rotatable bonds is 3. The van der Waals surface area contributed by atoms with Gasteiger partial charge in [0.05, 0.1) is 5.69 Å². The zero-order valence-corrected chi connectivity index (χ0v) is 9.48. The molecule has 1 aromatic carbocycles. The third-order valence-corrected chi connectivity index (χ3v) is 2.57. The fourth-order valence-corrected chi connectivity index (χ4v) is 1.71. The topological polar surface area (TPSA) is 38.9 Å². The van der Waals surface area contributed by atoms with Crippen LogP contribution in [-0.4, -0.2) is 11.5 Å². The van der Waals surface area contributed by atoms with Gasteiger partial charge in [-0.05, 0) is 37.6 Å². The molecule has 0 saturated heterocycles. The van der Waals surface area contributed by atoms with Crippen molar-refractivity contribution in [3.63, 3.8) is 0 Å². The van der Waals surface area contributed by atoms with Gasteiger partial charge in [-0.25, -0.2) is 0 Å². The molecule has 2 aromatic rings. The van der Waals surface area contributed by atoms with E-state index in [1.54, 1.807) is 0 Å². The predicted molar refractivity (Wildman–Crippen MR) is 67.2 cm³/mol. The van der Waals surface area contributed by atoms with Crippen molar-refractivity contribution in [2.24, 2.45) is 5.73 Å². The van der Waals surface area contributed by atoms with Gasteiger partial charge in [0.15, 0.2) is 0 Å². The average molecular weight is 212 g/mol. The Morgan fingerprint density at radius 3 is 2.44 bits per heavy atom. The molecule has 0 amide bonds. The molecule has 2 heteroatoms. The Morgan fingerprint density at radius 1 is 1.06 bits per heavy atom. The van der Waals surface area contributed by atoms with E-state index in [4.69, 9.17) is 5.73 Å². The van der Waals surface area contributed by atoms with Crippen LogP contribution in [0, 0.1) is 6.92 Å². The number of hydrogen-bond acceptors (Lipinski definition) is 2. The maximum Gasteiger partial charge on any atom is 0.0705 e. The van der Waals surface area contributed by atoms with Crippen LogP contribution in [0.1, 0.15) is 11.3 Å². The molecule has 1 aromatic heterocycles. The summed E-state index contributed by atoms with van der Waals surface area (Å²) in [6, 6.07) is 14.5. The molecule has 0 bridgehead atoms. The summed E-state index contributed by atoms with van der Waals surface area (Å²) in [7, 11) is 0. The molecule has 2 N–H and O–H groups in total. The average Bonchev–Trinajstić information content (AvgIpc) is 2.30. The second-order valence-corrected chi connectivity index (χ2v) is 3.90. The van der Waals surface area contributed by atoms with E-state index in [0.717, 1.165) is 23.4 Å². The summed E-state index contributed by atoms with van der Waals surface area (Å²) in [5.74, 6) is 0. The third-order valence-electron chi connectivity index (χ3n) is 2.57. The summed E-state index contributed by atoms with van der Waals surface area (Å²) < 4.78 is 0. The number of aromatic nitrogens is 1. The molecule has 16 heavy (non-hydrogen) atoms. The van der Waals surface area contributed by atoms with Crippen LogP contribution in [0.15, 0.2) is 42.5 Å². The largest absolute Gasteiger partial charge is 0.330 e. The first-order chi connectivity index (χ1) is 7.79. The fourth-order valence-electron chi connectivity index (χ4n) is 1.71. The van der Waals surface area contributed by atoms with Crippen molar-refractivity contribution in [2.75, 3.05) is 6.54 Å². The smallest absolute Gasteiger partial charge is 0.0705 e. The highest BCUT2D eigenvalue weighted by atomic mass is 14.7. The monoisotopic (exact) mass is 212 g/mol. The molecule has 0 aliphatic rings. The van der Waals surface area contributed by atoms with Crippen LogP contribution in [-0.2, 0) is 6.42 Å². The summed E-state index contributed by atoms with van der Waals surface area (Å²) in [5.41, 5.74) is 10.0. The molecule has 0 unspecified atom stereocenters. The SMILES string of the molecule is Cc1cccc(-c2ccc(CCN)cc2)n1. The molecule has 2 nitrogen and oxygen atoms in total. The minimum Gasteiger partial charge on any atom is -0.330 e. The Bertz CT molecular complexity index is 460. The molecule has 0 aliphatic heterocycles. The lowest BCUT2D eigenvalue weighted by Crippen LogP contribution is -2.02. The minimum absolute atomic E-state index is 0.696. The van der Waals surface area contributed by atoms with Crippen LogP contribution in [0.2, 0.25) is 0 Å². The zero-order valence-electron chi connectivity index (χ0n) is 9.48. The highest BCUT2D eigenvalue weighted by Crippen LogP contribution is 2.17. The Kier molecular flexibility index (Phi) is 3.32. The predicted octanol–water partition coefficient (Wildman–Crippen LogP) is 2.56. The second-order valence-electron chi connectivity index (χ2n) is 3.90. The summed E-state index contributed by atoms with van der Waals surface area (Å²) in [6.45, 7) is 2.70. The van der Waals surface area contributed by atoms with E-state index >= 15 is 0 Å². The molecule has 0 spiro atoms. The number of aryl methyl sites for hydroxylation is 1. The van der Waals surface area contributed by atoms with E-state index < -0.39 is 0 Å². The number of hydrogen-bond donors (Lipinski definition) is 1. The molecule has 82 valence electrons. The van der Waals surface area contributed by atoms with E-state index in [-0.39, 0.29) is 0 Å². The van der Waals surface area contributed by atoms with E-state index in [9.17, 15) is 0 Å². The molecule has 2 rings (SSSR count). The maximum atomic E-state index is 5.52. The van der Waals surface area contributed by atoms with Gasteiger partial charge in [0.25, 0.3) is 0 Å². The first-order valence-electron chi connectivity index (χ1n) is 5.52. The standard InChI is InChI=1S/C14H16N2/c1-11-3-2-4-14(16-11)13-7-5-12(6-8-13)9-10-15/h2-8H,9-10,15H2,1H3. The maximum absolute atomic E-state index is 5.52. The first kappa shape index (κ1) is 10.8. The van der Waals surface area contributed by atoms with Crippen molar-refractivity contribution in [1.29, 1.82) is 0 Å². The summed E-state index contributed by atoms with van der Waals surface area (Å²) in [6.07, 6.45) is 0.932. The van der Waals surface area contributed by atoms with Crippen molar-refractivity contribution in [1.82, 2.24) is 4.98 Å². The van der Waals surface area contributed by atoms with Gasteiger partial charge < -0.3 is 5.73 Å². The van der Waals surface area contributed by atoms with Gasteiger partial charge >= 0.3 is 0 Å². The van der Waals surface area contributed by atoms with Crippen LogP contribution in [0.4, 0.5) is 0 Å². The van der Waals surface area contributed by atoms with Crippen molar-refractivity contribution in [2.45, 2.75) is 13.3 Å². The molecular weight excluding hydrogens is 196 g/mol. The van der Waals surface area contributed by atoms with E-state index in [1.807, 2.05) is 25.1 Å². The number of benzene rings is 1. The van der Waals surface area contributed by atoms with Crippen molar-refractivity contribution >= 4 is 0 Å². The molecule has 0 atom stereocenters.